The van der Waals surface area contributed by atoms with E-state index >= 15 is 0 Å². The Bertz CT molecular complexity index is 1830. The molecule has 2 aliphatic rings. The van der Waals surface area contributed by atoms with Gasteiger partial charge in [0.2, 0.25) is 0 Å². The molecule has 0 amide bonds. The zero-order valence-corrected chi connectivity index (χ0v) is 24.1. The van der Waals surface area contributed by atoms with E-state index in [9.17, 15) is 10.2 Å². The molecule has 0 saturated carbocycles. The second kappa shape index (κ2) is 10.2. The first-order valence-electron chi connectivity index (χ1n) is 15.0. The lowest BCUT2D eigenvalue weighted by Crippen LogP contribution is -2.30. The Kier molecular flexibility index (Phi) is 6.09. The summed E-state index contributed by atoms with van der Waals surface area (Å²) in [7, 11) is 0. The van der Waals surface area contributed by atoms with Crippen LogP contribution in [0.4, 0.5) is 0 Å². The molecule has 0 bridgehead atoms. The molecule has 0 fully saturated rings. The van der Waals surface area contributed by atoms with Crippen LogP contribution in [0.3, 0.4) is 0 Å². The minimum Gasteiger partial charge on any atom is -0.376 e. The quantitative estimate of drug-likeness (QED) is 0.225. The molecule has 0 aliphatic heterocycles. The lowest BCUT2D eigenvalue weighted by molar-refractivity contribution is 0.125. The van der Waals surface area contributed by atoms with Gasteiger partial charge in [0, 0.05) is 0 Å². The first-order chi connectivity index (χ1) is 21.6. The monoisotopic (exact) mass is 566 g/mol. The van der Waals surface area contributed by atoms with E-state index in [2.05, 4.69) is 48.6 Å². The highest BCUT2D eigenvalue weighted by Gasteiger charge is 2.39. The average molecular weight is 567 g/mol. The van der Waals surface area contributed by atoms with Crippen molar-refractivity contribution in [1.29, 1.82) is 0 Å². The molecular formula is C42H30O2. The van der Waals surface area contributed by atoms with Crippen molar-refractivity contribution in [2.24, 2.45) is 0 Å². The molecule has 6 aromatic carbocycles. The summed E-state index contributed by atoms with van der Waals surface area (Å²) in [5.74, 6) is 0. The van der Waals surface area contributed by atoms with Crippen LogP contribution in [0.5, 0.6) is 0 Å². The lowest BCUT2D eigenvalue weighted by atomic mass is 9.77. The highest BCUT2D eigenvalue weighted by molar-refractivity contribution is 5.80. The first kappa shape index (κ1) is 26.4. The molecule has 2 N–H and O–H groups in total. The molecule has 2 nitrogen and oxygen atoms in total. The molecular weight excluding hydrogens is 536 g/mol. The number of hydrogen-bond donors (Lipinski definition) is 2. The number of hydrogen-bond acceptors (Lipinski definition) is 2. The van der Waals surface area contributed by atoms with E-state index in [0.29, 0.717) is 0 Å². The molecule has 2 aliphatic carbocycles. The van der Waals surface area contributed by atoms with Gasteiger partial charge in [0.15, 0.2) is 0 Å². The van der Waals surface area contributed by atoms with E-state index in [4.69, 9.17) is 0 Å². The summed E-state index contributed by atoms with van der Waals surface area (Å²) in [4.78, 5) is 0. The van der Waals surface area contributed by atoms with Gasteiger partial charge in [0.1, 0.15) is 11.2 Å². The van der Waals surface area contributed by atoms with Crippen molar-refractivity contribution in [3.63, 3.8) is 0 Å². The average Bonchev–Trinajstić information content (AvgIpc) is 3.31. The van der Waals surface area contributed by atoms with Crippen molar-refractivity contribution in [3.05, 3.63) is 201 Å². The number of fused-ring (bicyclic) bond motifs is 4. The third kappa shape index (κ3) is 3.96. The van der Waals surface area contributed by atoms with Gasteiger partial charge < -0.3 is 10.2 Å². The van der Waals surface area contributed by atoms with E-state index < -0.39 is 11.2 Å². The third-order valence-electron chi connectivity index (χ3n) is 9.23. The summed E-state index contributed by atoms with van der Waals surface area (Å²) in [6.07, 6.45) is 8.32. The fourth-order valence-corrected chi connectivity index (χ4v) is 6.97. The Hall–Kier alpha value is -5.28. The van der Waals surface area contributed by atoms with Gasteiger partial charge >= 0.3 is 0 Å². The SMILES string of the molecule is OC1(c2ccc(-c3ccc(C4(O)c5ccccc5C=Cc5ccccc54)cc3)cc2)c2ccccc2C=Cc2ccccc21. The molecule has 0 heterocycles. The Morgan fingerprint density at radius 3 is 0.818 bits per heavy atom. The van der Waals surface area contributed by atoms with E-state index in [1.807, 2.05) is 121 Å². The summed E-state index contributed by atoms with van der Waals surface area (Å²) < 4.78 is 0. The molecule has 0 saturated heterocycles. The van der Waals surface area contributed by atoms with Gasteiger partial charge in [-0.15, -0.1) is 0 Å². The van der Waals surface area contributed by atoms with Gasteiger partial charge in [0.25, 0.3) is 0 Å². The van der Waals surface area contributed by atoms with E-state index in [1.165, 1.54) is 0 Å². The maximum Gasteiger partial charge on any atom is 0.141 e. The summed E-state index contributed by atoms with van der Waals surface area (Å²) in [5, 5.41) is 25.0. The Labute approximate surface area is 257 Å². The maximum atomic E-state index is 12.5. The van der Waals surface area contributed by atoms with Gasteiger partial charge in [-0.3, -0.25) is 0 Å². The predicted octanol–water partition coefficient (Wildman–Crippen LogP) is 8.89. The minimum atomic E-state index is -1.29. The zero-order valence-electron chi connectivity index (χ0n) is 24.1. The highest BCUT2D eigenvalue weighted by Crippen LogP contribution is 2.45. The van der Waals surface area contributed by atoms with Crippen molar-refractivity contribution in [1.82, 2.24) is 0 Å². The van der Waals surface area contributed by atoms with Crippen molar-refractivity contribution in [2.45, 2.75) is 11.2 Å². The van der Waals surface area contributed by atoms with Crippen molar-refractivity contribution >= 4 is 24.3 Å². The maximum absolute atomic E-state index is 12.5. The van der Waals surface area contributed by atoms with Crippen LogP contribution in [0.2, 0.25) is 0 Å². The molecule has 210 valence electrons. The zero-order chi connectivity index (χ0) is 29.7. The van der Waals surface area contributed by atoms with Crippen LogP contribution in [0.15, 0.2) is 146 Å². The fraction of sp³-hybridized carbons (Fsp3) is 0.0476. The standard InChI is InChI=1S/C42H30O2/c43-41(37-13-5-1-9-31(37)17-18-32-10-2-6-14-38(32)41)35-25-21-29(22-26-35)30-23-27-36(28-24-30)42(44)39-15-7-3-11-33(39)19-20-34-12-4-8-16-40(34)42/h1-28,43-44H. The van der Waals surface area contributed by atoms with Crippen LogP contribution in [0.1, 0.15) is 55.6 Å². The van der Waals surface area contributed by atoms with Gasteiger partial charge in [-0.2, -0.15) is 0 Å². The summed E-state index contributed by atoms with van der Waals surface area (Å²) in [6, 6.07) is 48.6. The Morgan fingerprint density at radius 1 is 0.295 bits per heavy atom. The van der Waals surface area contributed by atoms with Crippen molar-refractivity contribution in [2.75, 3.05) is 0 Å². The van der Waals surface area contributed by atoms with Crippen LogP contribution in [-0.4, -0.2) is 10.2 Å². The molecule has 2 heteroatoms. The van der Waals surface area contributed by atoms with Crippen LogP contribution >= 0.6 is 0 Å². The molecule has 6 aromatic rings. The number of aliphatic hydroxyl groups is 2. The smallest absolute Gasteiger partial charge is 0.141 e. The van der Waals surface area contributed by atoms with Crippen LogP contribution < -0.4 is 0 Å². The summed E-state index contributed by atoms with van der Waals surface area (Å²) >= 11 is 0. The van der Waals surface area contributed by atoms with Gasteiger partial charge in [-0.05, 0) is 66.8 Å². The van der Waals surface area contributed by atoms with Gasteiger partial charge in [-0.25, -0.2) is 0 Å². The van der Waals surface area contributed by atoms with E-state index in [1.54, 1.807) is 0 Å². The summed E-state index contributed by atoms with van der Waals surface area (Å²) in [5.41, 5.74) is 8.57. The summed E-state index contributed by atoms with van der Waals surface area (Å²) in [6.45, 7) is 0. The number of rotatable bonds is 3. The molecule has 0 aromatic heterocycles. The van der Waals surface area contributed by atoms with E-state index in [-0.39, 0.29) is 0 Å². The topological polar surface area (TPSA) is 40.5 Å². The Balaban J connectivity index is 1.19. The van der Waals surface area contributed by atoms with Crippen LogP contribution in [-0.2, 0) is 11.2 Å². The van der Waals surface area contributed by atoms with Gasteiger partial charge in [-0.1, -0.05) is 170 Å². The normalized spacial score (nSPS) is 15.2. The third-order valence-corrected chi connectivity index (χ3v) is 9.23. The molecule has 44 heavy (non-hydrogen) atoms. The second-order valence-corrected chi connectivity index (χ2v) is 11.6. The molecule has 8 rings (SSSR count). The fourth-order valence-electron chi connectivity index (χ4n) is 6.97. The molecule has 0 spiro atoms. The second-order valence-electron chi connectivity index (χ2n) is 11.6. The minimum absolute atomic E-state index is 0.815. The van der Waals surface area contributed by atoms with Crippen molar-refractivity contribution in [3.8, 4) is 11.1 Å². The van der Waals surface area contributed by atoms with E-state index in [0.717, 1.165) is 66.8 Å². The Morgan fingerprint density at radius 2 is 0.545 bits per heavy atom. The lowest BCUT2D eigenvalue weighted by Gasteiger charge is -2.32. The molecule has 0 atom stereocenters. The molecule has 0 unspecified atom stereocenters. The number of benzene rings is 6. The van der Waals surface area contributed by atoms with Gasteiger partial charge in [0.05, 0.1) is 0 Å². The first-order valence-corrected chi connectivity index (χ1v) is 15.0. The van der Waals surface area contributed by atoms with Crippen LogP contribution in [0, 0.1) is 0 Å². The molecule has 0 radical (unpaired) electrons. The largest absolute Gasteiger partial charge is 0.376 e. The predicted molar refractivity (Wildman–Crippen MR) is 180 cm³/mol. The highest BCUT2D eigenvalue weighted by atomic mass is 16.3. The van der Waals surface area contributed by atoms with Crippen molar-refractivity contribution < 1.29 is 10.2 Å². The van der Waals surface area contributed by atoms with Crippen LogP contribution in [0.25, 0.3) is 35.4 Å².